The van der Waals surface area contributed by atoms with E-state index >= 15 is 0 Å². The van der Waals surface area contributed by atoms with Gasteiger partial charge in [-0.2, -0.15) is 0 Å². The summed E-state index contributed by atoms with van der Waals surface area (Å²) in [6, 6.07) is 16.3. The van der Waals surface area contributed by atoms with Crippen LogP contribution >= 0.6 is 0 Å². The van der Waals surface area contributed by atoms with E-state index in [1.54, 1.807) is 11.0 Å². The maximum atomic E-state index is 13.4. The molecular weight excluding hydrogens is 418 g/mol. The van der Waals surface area contributed by atoms with Crippen molar-refractivity contribution < 1.29 is 9.59 Å². The van der Waals surface area contributed by atoms with Crippen LogP contribution in [0, 0.1) is 12.3 Å². The van der Waals surface area contributed by atoms with Crippen molar-refractivity contribution in [2.45, 2.75) is 19.8 Å². The monoisotopic (exact) mass is 445 g/mol. The smallest absolute Gasteiger partial charge is 0.341 e. The molecule has 1 aliphatic rings. The third-order valence-corrected chi connectivity index (χ3v) is 6.11. The largest absolute Gasteiger partial charge is 0.352 e. The summed E-state index contributed by atoms with van der Waals surface area (Å²) in [4.78, 5) is 41.6. The zero-order chi connectivity index (χ0) is 23.4. The fraction of sp³-hybridized carbons (Fsp3) is 0.280. The van der Waals surface area contributed by atoms with Gasteiger partial charge in [0.1, 0.15) is 0 Å². The minimum atomic E-state index is -0.810. The molecule has 8 heteroatoms. The number of nitrogens with one attached hydrogen (secondary N) is 3. The molecule has 4 rings (SSSR count). The van der Waals surface area contributed by atoms with Gasteiger partial charge in [-0.25, -0.2) is 9.89 Å². The van der Waals surface area contributed by atoms with Crippen molar-refractivity contribution in [3.05, 3.63) is 88.6 Å². The number of aromatic nitrogens is 3. The fourth-order valence-electron chi connectivity index (χ4n) is 4.46. The lowest BCUT2D eigenvalue weighted by molar-refractivity contribution is -0.130. The maximum absolute atomic E-state index is 13.4. The van der Waals surface area contributed by atoms with E-state index in [2.05, 4.69) is 58.3 Å². The predicted octanol–water partition coefficient (Wildman–Crippen LogP) is 2.45. The molecule has 2 aromatic carbocycles. The third kappa shape index (κ3) is 4.64. The molecule has 0 spiro atoms. The predicted molar refractivity (Wildman–Crippen MR) is 126 cm³/mol. The van der Waals surface area contributed by atoms with Gasteiger partial charge in [-0.3, -0.25) is 14.6 Å². The van der Waals surface area contributed by atoms with E-state index in [1.165, 1.54) is 0 Å². The topological polar surface area (TPSA) is 111 Å². The lowest BCUT2D eigenvalue weighted by Gasteiger charge is -2.29. The summed E-state index contributed by atoms with van der Waals surface area (Å²) < 4.78 is 0. The van der Waals surface area contributed by atoms with Crippen LogP contribution in [0.1, 0.15) is 28.2 Å². The Labute approximate surface area is 191 Å². The van der Waals surface area contributed by atoms with Crippen molar-refractivity contribution in [1.29, 1.82) is 0 Å². The summed E-state index contributed by atoms with van der Waals surface area (Å²) in [5.41, 5.74) is 3.01. The van der Waals surface area contributed by atoms with E-state index in [1.807, 2.05) is 24.3 Å². The molecule has 0 aliphatic carbocycles. The first-order valence-electron chi connectivity index (χ1n) is 10.9. The number of nitrogens with zero attached hydrogens (tertiary/aromatic N) is 2. The molecule has 1 unspecified atom stereocenters. The molecule has 3 N–H and O–H groups in total. The van der Waals surface area contributed by atoms with E-state index in [9.17, 15) is 14.4 Å². The summed E-state index contributed by atoms with van der Waals surface area (Å²) in [5, 5.41) is 8.90. The second-order valence-electron chi connectivity index (χ2n) is 8.49. The van der Waals surface area contributed by atoms with E-state index in [0.717, 1.165) is 22.3 Å². The van der Waals surface area contributed by atoms with Gasteiger partial charge < -0.3 is 10.2 Å². The molecule has 170 valence electrons. The number of rotatable bonds is 7. The summed E-state index contributed by atoms with van der Waals surface area (Å²) in [7, 11) is 0. The van der Waals surface area contributed by atoms with Gasteiger partial charge in [0.25, 0.3) is 5.91 Å². The summed E-state index contributed by atoms with van der Waals surface area (Å²) in [6.07, 6.45) is 2.61. The van der Waals surface area contributed by atoms with Crippen LogP contribution in [-0.4, -0.2) is 51.5 Å². The normalized spacial score (nSPS) is 17.7. The van der Waals surface area contributed by atoms with Crippen LogP contribution in [0.25, 0.3) is 11.1 Å². The molecule has 1 aliphatic heterocycles. The molecule has 1 atom stereocenters. The van der Waals surface area contributed by atoms with Gasteiger partial charge in [0.05, 0.1) is 5.41 Å². The van der Waals surface area contributed by atoms with Gasteiger partial charge in [-0.15, -0.1) is 11.7 Å². The Morgan fingerprint density at radius 2 is 2.06 bits per heavy atom. The molecule has 0 saturated carbocycles. The average Bonchev–Trinajstić information content (AvgIpc) is 3.45. The Hall–Kier alpha value is -3.94. The second kappa shape index (κ2) is 9.28. The minimum Gasteiger partial charge on any atom is -0.352 e. The number of hydrogen-bond acceptors (Lipinski definition) is 4. The summed E-state index contributed by atoms with van der Waals surface area (Å²) >= 11 is 0. The number of H-pyrrole nitrogens is 2. The summed E-state index contributed by atoms with van der Waals surface area (Å²) in [6.45, 7) is 6.71. The standard InChI is InChI=1S/C25H27N5O3/c1-3-12-26-23(32)25(11-13-30(16-25)22(31)21-27-24(33)29-28-21)15-19-8-4-5-10-20(19)18-9-6-7-17(2)14-18/h3-10,14H,1,11-13,15-16H2,2H3,(H,26,32)(H2,27,28,29,33). The van der Waals surface area contributed by atoms with Gasteiger partial charge in [0.15, 0.2) is 0 Å². The molecule has 0 bridgehead atoms. The number of carbonyl (C=O) groups excluding carboxylic acids is 2. The number of benzene rings is 2. The number of aromatic amines is 2. The molecule has 8 nitrogen and oxygen atoms in total. The van der Waals surface area contributed by atoms with Gasteiger partial charge in [0.2, 0.25) is 11.7 Å². The van der Waals surface area contributed by atoms with Crippen molar-refractivity contribution in [1.82, 2.24) is 25.4 Å². The lowest BCUT2D eigenvalue weighted by Crippen LogP contribution is -2.45. The fourth-order valence-corrected chi connectivity index (χ4v) is 4.46. The number of hydrogen-bond donors (Lipinski definition) is 3. The molecule has 3 aromatic rings. The van der Waals surface area contributed by atoms with Crippen LogP contribution < -0.4 is 11.0 Å². The van der Waals surface area contributed by atoms with Crippen molar-refractivity contribution in [2.75, 3.05) is 19.6 Å². The average molecular weight is 446 g/mol. The van der Waals surface area contributed by atoms with Crippen LogP contribution in [-0.2, 0) is 11.2 Å². The van der Waals surface area contributed by atoms with Crippen LogP contribution in [0.5, 0.6) is 0 Å². The van der Waals surface area contributed by atoms with Crippen molar-refractivity contribution in [2.24, 2.45) is 5.41 Å². The van der Waals surface area contributed by atoms with Crippen LogP contribution in [0.4, 0.5) is 0 Å². The zero-order valence-electron chi connectivity index (χ0n) is 18.6. The van der Waals surface area contributed by atoms with E-state index in [-0.39, 0.29) is 18.3 Å². The molecule has 1 fully saturated rings. The Morgan fingerprint density at radius 3 is 2.79 bits per heavy atom. The molecule has 0 radical (unpaired) electrons. The zero-order valence-corrected chi connectivity index (χ0v) is 18.6. The van der Waals surface area contributed by atoms with Crippen molar-refractivity contribution in [3.63, 3.8) is 0 Å². The highest BCUT2D eigenvalue weighted by molar-refractivity contribution is 5.92. The third-order valence-electron chi connectivity index (χ3n) is 6.11. The van der Waals surface area contributed by atoms with Crippen LogP contribution in [0.3, 0.4) is 0 Å². The molecule has 1 aromatic heterocycles. The van der Waals surface area contributed by atoms with Gasteiger partial charge in [-0.1, -0.05) is 60.2 Å². The SMILES string of the molecule is C=CCNC(=O)C1(Cc2ccccc2-c2cccc(C)c2)CCN(C(=O)c2n[nH]c(=O)[nH]2)C1. The van der Waals surface area contributed by atoms with E-state index in [0.29, 0.717) is 25.9 Å². The minimum absolute atomic E-state index is 0.0533. The highest BCUT2D eigenvalue weighted by atomic mass is 16.2. The number of carbonyl (C=O) groups is 2. The van der Waals surface area contributed by atoms with E-state index < -0.39 is 17.0 Å². The second-order valence-corrected chi connectivity index (χ2v) is 8.49. The number of likely N-dealkylation sites (tertiary alicyclic amines) is 1. The molecule has 2 heterocycles. The van der Waals surface area contributed by atoms with Crippen LogP contribution in [0.15, 0.2) is 66.0 Å². The Balaban J connectivity index is 1.67. The molecular formula is C25H27N5O3. The van der Waals surface area contributed by atoms with Gasteiger partial charge >= 0.3 is 5.69 Å². The highest BCUT2D eigenvalue weighted by Crippen LogP contribution is 2.38. The van der Waals surface area contributed by atoms with Crippen LogP contribution in [0.2, 0.25) is 0 Å². The quantitative estimate of drug-likeness (QED) is 0.485. The molecule has 33 heavy (non-hydrogen) atoms. The molecule has 1 saturated heterocycles. The summed E-state index contributed by atoms with van der Waals surface area (Å²) in [5.74, 6) is -0.576. The Kier molecular flexibility index (Phi) is 6.26. The lowest BCUT2D eigenvalue weighted by atomic mass is 9.78. The highest BCUT2D eigenvalue weighted by Gasteiger charge is 2.46. The van der Waals surface area contributed by atoms with Gasteiger partial charge in [0, 0.05) is 19.6 Å². The maximum Gasteiger partial charge on any atom is 0.341 e. The van der Waals surface area contributed by atoms with Crippen molar-refractivity contribution >= 4 is 11.8 Å². The number of aryl methyl sites for hydroxylation is 1. The first-order valence-corrected chi connectivity index (χ1v) is 10.9. The first-order chi connectivity index (χ1) is 15.9. The Bertz CT molecular complexity index is 1240. The Morgan fingerprint density at radius 1 is 1.24 bits per heavy atom. The van der Waals surface area contributed by atoms with E-state index in [4.69, 9.17) is 0 Å². The number of amides is 2. The van der Waals surface area contributed by atoms with Gasteiger partial charge in [-0.05, 0) is 36.5 Å². The van der Waals surface area contributed by atoms with Crippen molar-refractivity contribution in [3.8, 4) is 11.1 Å². The first kappa shape index (κ1) is 22.3. The molecule has 2 amide bonds.